The van der Waals surface area contributed by atoms with Crippen LogP contribution in [-0.2, 0) is 0 Å². The molecule has 2 N–H and O–H groups in total. The summed E-state index contributed by atoms with van der Waals surface area (Å²) in [6, 6.07) is 1.55. The molecule has 2 heteroatoms. The highest BCUT2D eigenvalue weighted by atomic mass is 15.2. The normalized spacial score (nSPS) is 36.2. The van der Waals surface area contributed by atoms with Gasteiger partial charge in [0.15, 0.2) is 0 Å². The highest BCUT2D eigenvalue weighted by Crippen LogP contribution is 2.43. The highest BCUT2D eigenvalue weighted by Gasteiger charge is 2.42. The lowest BCUT2D eigenvalue weighted by atomic mass is 9.79. The van der Waals surface area contributed by atoms with Gasteiger partial charge in [0, 0.05) is 12.1 Å². The zero-order valence-corrected chi connectivity index (χ0v) is 12.6. The van der Waals surface area contributed by atoms with Crippen molar-refractivity contribution in [3.8, 4) is 0 Å². The highest BCUT2D eigenvalue weighted by molar-refractivity contribution is 4.96. The molecule has 0 amide bonds. The van der Waals surface area contributed by atoms with Crippen LogP contribution in [-0.4, -0.2) is 30.1 Å². The molecule has 3 atom stereocenters. The maximum Gasteiger partial charge on any atom is 0.0149 e. The van der Waals surface area contributed by atoms with Gasteiger partial charge in [0.2, 0.25) is 0 Å². The molecule has 106 valence electrons. The first-order chi connectivity index (χ1) is 8.60. The van der Waals surface area contributed by atoms with Crippen LogP contribution in [0.3, 0.4) is 0 Å². The Bertz CT molecular complexity index is 262. The van der Waals surface area contributed by atoms with Gasteiger partial charge in [0.05, 0.1) is 0 Å². The second-order valence-corrected chi connectivity index (χ2v) is 7.07. The van der Waals surface area contributed by atoms with Crippen molar-refractivity contribution < 1.29 is 0 Å². The van der Waals surface area contributed by atoms with Crippen molar-refractivity contribution in [3.63, 3.8) is 0 Å². The average Bonchev–Trinajstić information content (AvgIpc) is 2.71. The summed E-state index contributed by atoms with van der Waals surface area (Å²) in [7, 11) is 0. The quantitative estimate of drug-likeness (QED) is 0.831. The lowest BCUT2D eigenvalue weighted by Crippen LogP contribution is -2.52. The number of nitrogens with zero attached hydrogens (tertiary/aromatic N) is 1. The Morgan fingerprint density at radius 2 is 1.83 bits per heavy atom. The summed E-state index contributed by atoms with van der Waals surface area (Å²) in [5.74, 6) is 0.745. The Morgan fingerprint density at radius 1 is 1.11 bits per heavy atom. The van der Waals surface area contributed by atoms with Crippen LogP contribution >= 0.6 is 0 Å². The molecule has 0 spiro atoms. The number of rotatable bonds is 4. The van der Waals surface area contributed by atoms with Gasteiger partial charge in [0.25, 0.3) is 0 Å². The van der Waals surface area contributed by atoms with E-state index < -0.39 is 0 Å². The molecule has 0 aromatic heterocycles. The van der Waals surface area contributed by atoms with E-state index in [1.165, 1.54) is 51.5 Å². The monoisotopic (exact) mass is 252 g/mol. The van der Waals surface area contributed by atoms with E-state index in [2.05, 4.69) is 25.7 Å². The summed E-state index contributed by atoms with van der Waals surface area (Å²) in [6.07, 6.45) is 9.74. The Labute approximate surface area is 113 Å². The predicted octanol–water partition coefficient (Wildman–Crippen LogP) is 3.40. The van der Waals surface area contributed by atoms with E-state index in [9.17, 15) is 0 Å². The molecule has 2 nitrogen and oxygen atoms in total. The first-order valence-corrected chi connectivity index (χ1v) is 8.06. The van der Waals surface area contributed by atoms with E-state index in [4.69, 9.17) is 5.73 Å². The number of nitrogens with two attached hydrogens (primary N) is 1. The van der Waals surface area contributed by atoms with E-state index >= 15 is 0 Å². The molecule has 0 aromatic carbocycles. The van der Waals surface area contributed by atoms with E-state index in [1.807, 2.05) is 0 Å². The molecule has 3 unspecified atom stereocenters. The van der Waals surface area contributed by atoms with Crippen molar-refractivity contribution >= 4 is 0 Å². The molecule has 2 saturated carbocycles. The third kappa shape index (κ3) is 2.75. The number of hydrogen-bond donors (Lipinski definition) is 1. The van der Waals surface area contributed by atoms with Crippen LogP contribution in [0.15, 0.2) is 0 Å². The van der Waals surface area contributed by atoms with Crippen molar-refractivity contribution in [1.82, 2.24) is 4.90 Å². The van der Waals surface area contributed by atoms with Crippen molar-refractivity contribution in [1.29, 1.82) is 0 Å². The van der Waals surface area contributed by atoms with Gasteiger partial charge in [-0.15, -0.1) is 0 Å². The van der Waals surface area contributed by atoms with Gasteiger partial charge < -0.3 is 5.73 Å². The summed E-state index contributed by atoms with van der Waals surface area (Å²) in [4.78, 5) is 2.82. The van der Waals surface area contributed by atoms with E-state index in [1.54, 1.807) is 0 Å². The van der Waals surface area contributed by atoms with Crippen molar-refractivity contribution in [2.24, 2.45) is 17.1 Å². The molecule has 2 fully saturated rings. The van der Waals surface area contributed by atoms with Gasteiger partial charge in [-0.05, 0) is 50.1 Å². The molecule has 0 bridgehead atoms. The maximum absolute atomic E-state index is 6.03. The topological polar surface area (TPSA) is 29.3 Å². The Hall–Kier alpha value is -0.0800. The molecular weight excluding hydrogens is 220 g/mol. The molecule has 2 aliphatic carbocycles. The standard InChI is InChI=1S/C16H32N2/c1-4-18(15-10-7-11-16(15,2)3)14-9-6-5-8-13(14)12-17/h13-15H,4-12,17H2,1-3H3. The molecule has 0 heterocycles. The van der Waals surface area contributed by atoms with E-state index in [-0.39, 0.29) is 0 Å². The molecule has 18 heavy (non-hydrogen) atoms. The second kappa shape index (κ2) is 5.92. The van der Waals surface area contributed by atoms with Gasteiger partial charge in [-0.25, -0.2) is 0 Å². The van der Waals surface area contributed by atoms with Crippen molar-refractivity contribution in [3.05, 3.63) is 0 Å². The molecular formula is C16H32N2. The molecule has 0 aromatic rings. The number of hydrogen-bond acceptors (Lipinski definition) is 2. The first-order valence-electron chi connectivity index (χ1n) is 8.06. The zero-order chi connectivity index (χ0) is 13.2. The fourth-order valence-electron chi connectivity index (χ4n) is 4.51. The van der Waals surface area contributed by atoms with Crippen LogP contribution in [0.1, 0.15) is 65.7 Å². The Balaban J connectivity index is 2.11. The smallest absolute Gasteiger partial charge is 0.0149 e. The second-order valence-electron chi connectivity index (χ2n) is 7.07. The van der Waals surface area contributed by atoms with Crippen LogP contribution in [0.4, 0.5) is 0 Å². The SMILES string of the molecule is CCN(C1CCCCC1CN)C1CCCC1(C)C. The predicted molar refractivity (Wildman–Crippen MR) is 78.6 cm³/mol. The molecule has 0 saturated heterocycles. The van der Waals surface area contributed by atoms with Crippen LogP contribution in [0.25, 0.3) is 0 Å². The largest absolute Gasteiger partial charge is 0.330 e. The third-order valence-electron chi connectivity index (χ3n) is 5.56. The van der Waals surface area contributed by atoms with Crippen LogP contribution in [0.5, 0.6) is 0 Å². The summed E-state index contributed by atoms with van der Waals surface area (Å²) in [6.45, 7) is 9.36. The van der Waals surface area contributed by atoms with Crippen molar-refractivity contribution in [2.75, 3.05) is 13.1 Å². The minimum Gasteiger partial charge on any atom is -0.330 e. The molecule has 0 radical (unpaired) electrons. The van der Waals surface area contributed by atoms with Crippen LogP contribution in [0, 0.1) is 11.3 Å². The van der Waals surface area contributed by atoms with Crippen molar-refractivity contribution in [2.45, 2.75) is 77.8 Å². The van der Waals surface area contributed by atoms with Gasteiger partial charge >= 0.3 is 0 Å². The van der Waals surface area contributed by atoms with Gasteiger partial charge in [-0.2, -0.15) is 0 Å². The lowest BCUT2D eigenvalue weighted by molar-refractivity contribution is 0.0294. The average molecular weight is 252 g/mol. The zero-order valence-electron chi connectivity index (χ0n) is 12.6. The maximum atomic E-state index is 6.03. The molecule has 2 aliphatic rings. The molecule has 0 aliphatic heterocycles. The minimum absolute atomic E-state index is 0.507. The van der Waals surface area contributed by atoms with Crippen LogP contribution < -0.4 is 5.73 Å². The summed E-state index contributed by atoms with van der Waals surface area (Å²) in [5, 5.41) is 0. The summed E-state index contributed by atoms with van der Waals surface area (Å²) in [5.41, 5.74) is 6.53. The summed E-state index contributed by atoms with van der Waals surface area (Å²) < 4.78 is 0. The fraction of sp³-hybridized carbons (Fsp3) is 1.00. The van der Waals surface area contributed by atoms with Gasteiger partial charge in [-0.3, -0.25) is 4.90 Å². The van der Waals surface area contributed by atoms with Gasteiger partial charge in [-0.1, -0.05) is 40.0 Å². The Morgan fingerprint density at radius 3 is 2.39 bits per heavy atom. The fourth-order valence-corrected chi connectivity index (χ4v) is 4.51. The summed E-state index contributed by atoms with van der Waals surface area (Å²) >= 11 is 0. The van der Waals surface area contributed by atoms with Gasteiger partial charge in [0.1, 0.15) is 0 Å². The minimum atomic E-state index is 0.507. The third-order valence-corrected chi connectivity index (χ3v) is 5.56. The first kappa shape index (κ1) is 14.3. The molecule has 2 rings (SSSR count). The Kier molecular flexibility index (Phi) is 4.71. The lowest BCUT2D eigenvalue weighted by Gasteiger charge is -2.46. The van der Waals surface area contributed by atoms with E-state index in [0.29, 0.717) is 5.41 Å². The van der Waals surface area contributed by atoms with E-state index in [0.717, 1.165) is 24.5 Å². The van der Waals surface area contributed by atoms with Crippen LogP contribution in [0.2, 0.25) is 0 Å².